The molecule has 2 aromatic carbocycles. The maximum Gasteiger partial charge on any atom is 0.317 e. The quantitative estimate of drug-likeness (QED) is 0.896. The molecule has 3 rings (SSSR count). The highest BCUT2D eigenvalue weighted by molar-refractivity contribution is 5.74. The molecule has 0 bridgehead atoms. The van der Waals surface area contributed by atoms with Crippen molar-refractivity contribution in [3.05, 3.63) is 54.1 Å². The molecule has 26 heavy (non-hydrogen) atoms. The molecule has 6 nitrogen and oxygen atoms in total. The van der Waals surface area contributed by atoms with Crippen LogP contribution in [0.4, 0.5) is 10.5 Å². The lowest BCUT2D eigenvalue weighted by Crippen LogP contribution is -2.51. The minimum atomic E-state index is -0.0347. The molecule has 0 saturated carbocycles. The fourth-order valence-corrected chi connectivity index (χ4v) is 3.09. The summed E-state index contributed by atoms with van der Waals surface area (Å²) < 4.78 is 10.5. The number of nitrogens with one attached hydrogen (secondary N) is 1. The largest absolute Gasteiger partial charge is 0.493 e. The molecule has 138 valence electrons. The van der Waals surface area contributed by atoms with Crippen molar-refractivity contribution in [3.8, 4) is 11.5 Å². The van der Waals surface area contributed by atoms with E-state index in [1.807, 2.05) is 41.3 Å². The number of urea groups is 1. The molecule has 1 N–H and O–H groups in total. The maximum atomic E-state index is 12.4. The van der Waals surface area contributed by atoms with Crippen LogP contribution in [0.5, 0.6) is 11.5 Å². The molecular weight excluding hydrogens is 330 g/mol. The molecular formula is C20H25N3O3. The molecule has 0 atom stereocenters. The van der Waals surface area contributed by atoms with Crippen LogP contribution in [-0.4, -0.2) is 51.3 Å². The molecule has 1 saturated heterocycles. The van der Waals surface area contributed by atoms with Gasteiger partial charge in [-0.05, 0) is 29.8 Å². The average Bonchev–Trinajstić information content (AvgIpc) is 2.72. The Labute approximate surface area is 154 Å². The van der Waals surface area contributed by atoms with Crippen molar-refractivity contribution < 1.29 is 14.3 Å². The van der Waals surface area contributed by atoms with Gasteiger partial charge >= 0.3 is 6.03 Å². The van der Waals surface area contributed by atoms with Crippen molar-refractivity contribution in [2.75, 3.05) is 45.3 Å². The number of methoxy groups -OCH3 is 2. The van der Waals surface area contributed by atoms with Crippen molar-refractivity contribution in [1.29, 1.82) is 0 Å². The molecule has 0 unspecified atom stereocenters. The predicted octanol–water partition coefficient (Wildman–Crippen LogP) is 2.74. The van der Waals surface area contributed by atoms with Gasteiger partial charge in [0, 0.05) is 38.4 Å². The van der Waals surface area contributed by atoms with Crippen LogP contribution in [0.15, 0.2) is 48.5 Å². The molecule has 0 radical (unpaired) electrons. The number of carbonyl (C=O) groups is 1. The maximum absolute atomic E-state index is 12.4. The Morgan fingerprint density at radius 3 is 2.31 bits per heavy atom. The number of nitrogens with zero attached hydrogens (tertiary/aromatic N) is 2. The Morgan fingerprint density at radius 1 is 0.962 bits per heavy atom. The summed E-state index contributed by atoms with van der Waals surface area (Å²) in [4.78, 5) is 16.6. The fourth-order valence-electron chi connectivity index (χ4n) is 3.09. The number of para-hydroxylation sites is 1. The highest BCUT2D eigenvalue weighted by Crippen LogP contribution is 2.27. The van der Waals surface area contributed by atoms with Crippen LogP contribution in [0.2, 0.25) is 0 Å². The number of hydrogen-bond acceptors (Lipinski definition) is 4. The van der Waals surface area contributed by atoms with E-state index in [1.54, 1.807) is 14.2 Å². The van der Waals surface area contributed by atoms with E-state index in [4.69, 9.17) is 9.47 Å². The van der Waals surface area contributed by atoms with Crippen LogP contribution in [-0.2, 0) is 6.54 Å². The van der Waals surface area contributed by atoms with Crippen LogP contribution >= 0.6 is 0 Å². The number of amides is 2. The minimum absolute atomic E-state index is 0.0347. The summed E-state index contributed by atoms with van der Waals surface area (Å²) in [6.07, 6.45) is 0. The number of ether oxygens (including phenoxy) is 2. The topological polar surface area (TPSA) is 54.0 Å². The van der Waals surface area contributed by atoms with Gasteiger partial charge in [-0.3, -0.25) is 0 Å². The van der Waals surface area contributed by atoms with E-state index in [2.05, 4.69) is 22.3 Å². The lowest BCUT2D eigenvalue weighted by molar-refractivity contribution is 0.194. The van der Waals surface area contributed by atoms with Crippen molar-refractivity contribution in [2.45, 2.75) is 6.54 Å². The second kappa shape index (κ2) is 8.47. The summed E-state index contributed by atoms with van der Waals surface area (Å²) in [5.41, 5.74) is 2.18. The van der Waals surface area contributed by atoms with Crippen molar-refractivity contribution in [2.24, 2.45) is 0 Å². The third-order valence-electron chi connectivity index (χ3n) is 4.58. The van der Waals surface area contributed by atoms with Crippen LogP contribution < -0.4 is 19.7 Å². The number of anilines is 1. The summed E-state index contributed by atoms with van der Waals surface area (Å²) in [7, 11) is 3.21. The van der Waals surface area contributed by atoms with Crippen LogP contribution in [0.3, 0.4) is 0 Å². The minimum Gasteiger partial charge on any atom is -0.493 e. The monoisotopic (exact) mass is 355 g/mol. The Kier molecular flexibility index (Phi) is 5.84. The zero-order chi connectivity index (χ0) is 18.4. The van der Waals surface area contributed by atoms with E-state index >= 15 is 0 Å². The van der Waals surface area contributed by atoms with E-state index in [0.717, 1.165) is 18.7 Å². The number of piperazine rings is 1. The fraction of sp³-hybridized carbons (Fsp3) is 0.350. The second-order valence-electron chi connectivity index (χ2n) is 6.16. The Balaban J connectivity index is 1.50. The third-order valence-corrected chi connectivity index (χ3v) is 4.58. The van der Waals surface area contributed by atoms with Gasteiger partial charge in [-0.15, -0.1) is 0 Å². The molecule has 1 aliphatic rings. The molecule has 6 heteroatoms. The Morgan fingerprint density at radius 2 is 1.65 bits per heavy atom. The molecule has 1 heterocycles. The highest BCUT2D eigenvalue weighted by Gasteiger charge is 2.21. The predicted molar refractivity (Wildman–Crippen MR) is 102 cm³/mol. The van der Waals surface area contributed by atoms with Gasteiger partial charge < -0.3 is 24.6 Å². The molecule has 1 aliphatic heterocycles. The zero-order valence-electron chi connectivity index (χ0n) is 15.3. The smallest absolute Gasteiger partial charge is 0.317 e. The summed E-state index contributed by atoms with van der Waals surface area (Å²) in [6, 6.07) is 15.9. The molecule has 0 aromatic heterocycles. The molecule has 0 aliphatic carbocycles. The van der Waals surface area contributed by atoms with E-state index in [1.165, 1.54) is 5.69 Å². The lowest BCUT2D eigenvalue weighted by Gasteiger charge is -2.36. The first-order valence-electron chi connectivity index (χ1n) is 8.75. The van der Waals surface area contributed by atoms with Gasteiger partial charge in [0.25, 0.3) is 0 Å². The van der Waals surface area contributed by atoms with Crippen LogP contribution in [0, 0.1) is 0 Å². The summed E-state index contributed by atoms with van der Waals surface area (Å²) in [5.74, 6) is 1.34. The number of rotatable bonds is 5. The standard InChI is InChI=1S/C20H25N3O3/c1-25-18-9-8-16(14-19(18)26-2)15-21-20(24)23-12-10-22(11-13-23)17-6-4-3-5-7-17/h3-9,14H,10-13,15H2,1-2H3,(H,21,24). The van der Waals surface area contributed by atoms with E-state index in [-0.39, 0.29) is 6.03 Å². The van der Waals surface area contributed by atoms with Gasteiger partial charge in [0.05, 0.1) is 14.2 Å². The van der Waals surface area contributed by atoms with Crippen LogP contribution in [0.25, 0.3) is 0 Å². The number of hydrogen-bond donors (Lipinski definition) is 1. The van der Waals surface area contributed by atoms with E-state index in [0.29, 0.717) is 31.1 Å². The average molecular weight is 355 g/mol. The van der Waals surface area contributed by atoms with E-state index < -0.39 is 0 Å². The van der Waals surface area contributed by atoms with Gasteiger partial charge in [0.15, 0.2) is 11.5 Å². The second-order valence-corrected chi connectivity index (χ2v) is 6.16. The normalized spacial score (nSPS) is 14.1. The first-order chi connectivity index (χ1) is 12.7. The molecule has 1 fully saturated rings. The SMILES string of the molecule is COc1ccc(CNC(=O)N2CCN(c3ccccc3)CC2)cc1OC. The molecule has 0 spiro atoms. The van der Waals surface area contributed by atoms with Gasteiger partial charge in [0.2, 0.25) is 0 Å². The highest BCUT2D eigenvalue weighted by atomic mass is 16.5. The number of benzene rings is 2. The number of carbonyl (C=O) groups excluding carboxylic acids is 1. The molecule has 2 aromatic rings. The third kappa shape index (κ3) is 4.20. The van der Waals surface area contributed by atoms with Gasteiger partial charge in [-0.2, -0.15) is 0 Å². The van der Waals surface area contributed by atoms with Crippen molar-refractivity contribution in [3.63, 3.8) is 0 Å². The summed E-state index contributed by atoms with van der Waals surface area (Å²) >= 11 is 0. The van der Waals surface area contributed by atoms with Gasteiger partial charge in [-0.25, -0.2) is 4.79 Å². The first kappa shape index (κ1) is 17.9. The van der Waals surface area contributed by atoms with Gasteiger partial charge in [0.1, 0.15) is 0 Å². The van der Waals surface area contributed by atoms with E-state index in [9.17, 15) is 4.79 Å². The van der Waals surface area contributed by atoms with Gasteiger partial charge in [-0.1, -0.05) is 24.3 Å². The Bertz CT molecular complexity index is 728. The Hall–Kier alpha value is -2.89. The van der Waals surface area contributed by atoms with Crippen molar-refractivity contribution in [1.82, 2.24) is 10.2 Å². The molecule has 2 amide bonds. The first-order valence-corrected chi connectivity index (χ1v) is 8.75. The van der Waals surface area contributed by atoms with Crippen molar-refractivity contribution >= 4 is 11.7 Å². The lowest BCUT2D eigenvalue weighted by atomic mass is 10.2. The summed E-state index contributed by atoms with van der Waals surface area (Å²) in [5, 5.41) is 2.98. The zero-order valence-corrected chi connectivity index (χ0v) is 15.3. The summed E-state index contributed by atoms with van der Waals surface area (Å²) in [6.45, 7) is 3.57. The van der Waals surface area contributed by atoms with Crippen LogP contribution in [0.1, 0.15) is 5.56 Å².